The van der Waals surface area contributed by atoms with Crippen molar-refractivity contribution in [3.05, 3.63) is 70.3 Å². The van der Waals surface area contributed by atoms with Crippen LogP contribution in [0.4, 0.5) is 0 Å². The molecule has 1 amide bonds. The second kappa shape index (κ2) is 6.59. The molecule has 3 N–H and O–H groups in total. The fraction of sp³-hybridized carbons (Fsp3) is 0.350. The quantitative estimate of drug-likeness (QED) is 0.890. The van der Waals surface area contributed by atoms with Crippen molar-refractivity contribution < 1.29 is 9.90 Å². The second-order valence-electron chi connectivity index (χ2n) is 6.88. The Morgan fingerprint density at radius 2 is 1.80 bits per heavy atom. The minimum absolute atomic E-state index is 0.430. The van der Waals surface area contributed by atoms with Crippen LogP contribution >= 0.6 is 0 Å². The van der Waals surface area contributed by atoms with Crippen molar-refractivity contribution in [1.29, 1.82) is 0 Å². The summed E-state index contributed by atoms with van der Waals surface area (Å²) in [6, 6.07) is 14.1. The summed E-state index contributed by atoms with van der Waals surface area (Å²) in [7, 11) is 0. The summed E-state index contributed by atoms with van der Waals surface area (Å²) < 4.78 is 0. The van der Waals surface area contributed by atoms with Gasteiger partial charge in [0.15, 0.2) is 0 Å². The van der Waals surface area contributed by atoms with Crippen LogP contribution in [0.2, 0.25) is 0 Å². The van der Waals surface area contributed by atoms with Crippen molar-refractivity contribution >= 4 is 5.91 Å². The van der Waals surface area contributed by atoms with Gasteiger partial charge in [-0.1, -0.05) is 36.4 Å². The maximum absolute atomic E-state index is 11.6. The van der Waals surface area contributed by atoms with Crippen LogP contribution in [0, 0.1) is 0 Å². The van der Waals surface area contributed by atoms with Crippen LogP contribution in [0.15, 0.2) is 42.5 Å². The normalized spacial score (nSPS) is 20.3. The molecule has 130 valence electrons. The third-order valence-electron chi connectivity index (χ3n) is 5.35. The lowest BCUT2D eigenvalue weighted by atomic mass is 10.00. The fourth-order valence-electron chi connectivity index (χ4n) is 3.97. The van der Waals surface area contributed by atoms with Gasteiger partial charge >= 0.3 is 0 Å². The molecule has 5 nitrogen and oxygen atoms in total. The highest BCUT2D eigenvalue weighted by molar-refractivity contribution is 5.95. The minimum atomic E-state index is -0.754. The van der Waals surface area contributed by atoms with E-state index in [1.165, 1.54) is 11.1 Å². The molecule has 1 atom stereocenters. The lowest BCUT2D eigenvalue weighted by Gasteiger charge is -2.31. The zero-order valence-electron chi connectivity index (χ0n) is 14.2. The zero-order chi connectivity index (χ0) is 17.4. The summed E-state index contributed by atoms with van der Waals surface area (Å²) in [6.07, 6.45) is 0.320. The zero-order valence-corrected chi connectivity index (χ0v) is 14.2. The number of nitrogens with two attached hydrogens (primary N) is 1. The smallest absolute Gasteiger partial charge is 0.249 e. The number of primary amides is 1. The van der Waals surface area contributed by atoms with E-state index in [0.717, 1.165) is 38.2 Å². The maximum atomic E-state index is 11.6. The van der Waals surface area contributed by atoms with Crippen molar-refractivity contribution in [3.63, 3.8) is 0 Å². The summed E-state index contributed by atoms with van der Waals surface area (Å²) in [4.78, 5) is 16.1. The van der Waals surface area contributed by atoms with E-state index in [0.29, 0.717) is 17.7 Å². The van der Waals surface area contributed by atoms with Gasteiger partial charge in [0.1, 0.15) is 6.23 Å². The predicted molar refractivity (Wildman–Crippen MR) is 95.8 cm³/mol. The molecular formula is C20H23N3O2. The third-order valence-corrected chi connectivity index (χ3v) is 5.35. The topological polar surface area (TPSA) is 69.8 Å². The molecule has 2 heterocycles. The summed E-state index contributed by atoms with van der Waals surface area (Å²) in [5.74, 6) is -0.481. The number of hydrogen-bond donors (Lipinski definition) is 2. The first-order valence-corrected chi connectivity index (χ1v) is 8.76. The van der Waals surface area contributed by atoms with E-state index in [-0.39, 0.29) is 0 Å². The van der Waals surface area contributed by atoms with E-state index >= 15 is 0 Å². The van der Waals surface area contributed by atoms with Crippen LogP contribution in [-0.2, 0) is 19.5 Å². The Morgan fingerprint density at radius 1 is 1.04 bits per heavy atom. The molecule has 0 saturated carbocycles. The van der Waals surface area contributed by atoms with Crippen LogP contribution in [0.25, 0.3) is 0 Å². The van der Waals surface area contributed by atoms with Gasteiger partial charge in [-0.2, -0.15) is 0 Å². The first-order valence-electron chi connectivity index (χ1n) is 8.76. The number of hydrogen-bond acceptors (Lipinski definition) is 4. The van der Waals surface area contributed by atoms with Gasteiger partial charge in [0.2, 0.25) is 5.91 Å². The standard InChI is InChI=1S/C20H23N3O2/c21-19(24)17-7-3-6-16-13-23(20(25)18(16)17)11-10-22-9-8-14-4-1-2-5-15(14)12-22/h1-7,20,25H,8-13H2,(H2,21,24). The Labute approximate surface area is 147 Å². The Kier molecular flexibility index (Phi) is 4.29. The second-order valence-corrected chi connectivity index (χ2v) is 6.88. The number of benzene rings is 2. The van der Waals surface area contributed by atoms with E-state index in [4.69, 9.17) is 5.73 Å². The van der Waals surface area contributed by atoms with Gasteiger partial charge in [0.25, 0.3) is 0 Å². The molecule has 0 radical (unpaired) electrons. The Balaban J connectivity index is 1.42. The molecule has 25 heavy (non-hydrogen) atoms. The predicted octanol–water partition coefficient (Wildman–Crippen LogP) is 1.65. The molecule has 5 heteroatoms. The van der Waals surface area contributed by atoms with Gasteiger partial charge in [0, 0.05) is 43.9 Å². The van der Waals surface area contributed by atoms with Crippen molar-refractivity contribution in [3.8, 4) is 0 Å². The van der Waals surface area contributed by atoms with Crippen LogP contribution < -0.4 is 5.73 Å². The molecule has 4 rings (SSSR count). The van der Waals surface area contributed by atoms with Crippen molar-refractivity contribution in [1.82, 2.24) is 9.80 Å². The molecule has 1 unspecified atom stereocenters. The van der Waals surface area contributed by atoms with Gasteiger partial charge in [-0.25, -0.2) is 0 Å². The minimum Gasteiger partial charge on any atom is -0.374 e. The van der Waals surface area contributed by atoms with E-state index in [9.17, 15) is 9.90 Å². The summed E-state index contributed by atoms with van der Waals surface area (Å²) in [5.41, 5.74) is 10.4. The molecule has 2 aliphatic rings. The highest BCUT2D eigenvalue weighted by Crippen LogP contribution is 2.34. The molecule has 2 aromatic rings. The van der Waals surface area contributed by atoms with Crippen molar-refractivity contribution in [2.45, 2.75) is 25.7 Å². The SMILES string of the molecule is NC(=O)c1cccc2c1C(O)N(CCN1CCc3ccccc3C1)C2. The van der Waals surface area contributed by atoms with Gasteiger partial charge in [-0.05, 0) is 29.2 Å². The molecular weight excluding hydrogens is 314 g/mol. The highest BCUT2D eigenvalue weighted by atomic mass is 16.3. The van der Waals surface area contributed by atoms with Gasteiger partial charge in [-0.3, -0.25) is 14.6 Å². The molecule has 2 aliphatic heterocycles. The summed E-state index contributed by atoms with van der Waals surface area (Å²) in [6.45, 7) is 4.31. The van der Waals surface area contributed by atoms with Crippen LogP contribution in [0.5, 0.6) is 0 Å². The Bertz CT molecular complexity index is 805. The summed E-state index contributed by atoms with van der Waals surface area (Å²) >= 11 is 0. The number of fused-ring (bicyclic) bond motifs is 2. The molecule has 0 saturated heterocycles. The summed E-state index contributed by atoms with van der Waals surface area (Å²) in [5, 5.41) is 10.7. The number of nitrogens with zero attached hydrogens (tertiary/aromatic N) is 2. The first-order chi connectivity index (χ1) is 12.1. The van der Waals surface area contributed by atoms with Crippen LogP contribution in [0.1, 0.15) is 38.8 Å². The average Bonchev–Trinajstić information content (AvgIpc) is 2.96. The van der Waals surface area contributed by atoms with E-state index < -0.39 is 12.1 Å². The van der Waals surface area contributed by atoms with Crippen LogP contribution in [-0.4, -0.2) is 40.4 Å². The van der Waals surface area contributed by atoms with E-state index in [1.807, 2.05) is 17.0 Å². The van der Waals surface area contributed by atoms with E-state index in [2.05, 4.69) is 29.2 Å². The Hall–Kier alpha value is -2.21. The van der Waals surface area contributed by atoms with E-state index in [1.54, 1.807) is 6.07 Å². The lowest BCUT2D eigenvalue weighted by Crippen LogP contribution is -2.37. The highest BCUT2D eigenvalue weighted by Gasteiger charge is 2.32. The Morgan fingerprint density at radius 3 is 2.60 bits per heavy atom. The maximum Gasteiger partial charge on any atom is 0.249 e. The van der Waals surface area contributed by atoms with Gasteiger partial charge in [0.05, 0.1) is 0 Å². The van der Waals surface area contributed by atoms with Crippen LogP contribution in [0.3, 0.4) is 0 Å². The number of rotatable bonds is 4. The molecule has 0 bridgehead atoms. The number of amides is 1. The van der Waals surface area contributed by atoms with Crippen molar-refractivity contribution in [2.75, 3.05) is 19.6 Å². The molecule has 2 aromatic carbocycles. The number of carbonyl (C=O) groups is 1. The number of carbonyl (C=O) groups excluding carboxylic acids is 1. The van der Waals surface area contributed by atoms with Gasteiger partial charge in [-0.15, -0.1) is 0 Å². The monoisotopic (exact) mass is 337 g/mol. The fourth-order valence-corrected chi connectivity index (χ4v) is 3.97. The average molecular weight is 337 g/mol. The number of aliphatic hydroxyl groups excluding tert-OH is 1. The first kappa shape index (κ1) is 16.3. The van der Waals surface area contributed by atoms with Gasteiger partial charge < -0.3 is 10.8 Å². The molecule has 0 spiro atoms. The third kappa shape index (κ3) is 3.06. The largest absolute Gasteiger partial charge is 0.374 e. The molecule has 0 fully saturated rings. The lowest BCUT2D eigenvalue weighted by molar-refractivity contribution is 0.00649. The number of aliphatic hydroxyl groups is 1. The molecule has 0 aromatic heterocycles. The molecule has 0 aliphatic carbocycles. The van der Waals surface area contributed by atoms with Crippen molar-refractivity contribution in [2.24, 2.45) is 5.73 Å².